The number of benzene rings is 1. The Morgan fingerprint density at radius 3 is 2.52 bits per heavy atom. The second-order valence-corrected chi connectivity index (χ2v) is 5.84. The zero-order valence-electron chi connectivity index (χ0n) is 12.6. The van der Waals surface area contributed by atoms with E-state index in [0.717, 1.165) is 5.69 Å². The second-order valence-electron chi connectivity index (χ2n) is 5.84. The Hall–Kier alpha value is -2.44. The monoisotopic (exact) mass is 313 g/mol. The van der Waals surface area contributed by atoms with E-state index in [1.165, 1.54) is 10.6 Å². The van der Waals surface area contributed by atoms with Crippen LogP contribution >= 0.6 is 0 Å². The molecule has 1 amide bonds. The minimum atomic E-state index is -0.613. The van der Waals surface area contributed by atoms with E-state index in [0.29, 0.717) is 18.5 Å². The average molecular weight is 313 g/mol. The molecule has 0 spiro atoms. The molecular weight excluding hydrogens is 294 g/mol. The maximum Gasteiger partial charge on any atom is 0.255 e. The molecule has 23 heavy (non-hydrogen) atoms. The number of rotatable bonds is 3. The van der Waals surface area contributed by atoms with Gasteiger partial charge in [0.25, 0.3) is 5.56 Å². The maximum atomic E-state index is 12.2. The third-order valence-corrected chi connectivity index (χ3v) is 4.18. The number of aliphatic hydroxyl groups excluding tert-OH is 1. The summed E-state index contributed by atoms with van der Waals surface area (Å²) in [6, 6.07) is 11.7. The summed E-state index contributed by atoms with van der Waals surface area (Å²) in [6.45, 7) is 0. The summed E-state index contributed by atoms with van der Waals surface area (Å²) in [5.74, 6) is -0.405. The lowest BCUT2D eigenvalue weighted by atomic mass is 10.1. The minimum absolute atomic E-state index is 0.113. The summed E-state index contributed by atoms with van der Waals surface area (Å²) >= 11 is 0. The van der Waals surface area contributed by atoms with Crippen LogP contribution in [0.25, 0.3) is 5.69 Å². The Morgan fingerprint density at radius 2 is 1.91 bits per heavy atom. The van der Waals surface area contributed by atoms with E-state index in [9.17, 15) is 14.7 Å². The number of pyridine rings is 1. The predicted octanol–water partition coefficient (Wildman–Crippen LogP) is 0.874. The molecule has 1 heterocycles. The fraction of sp³-hybridized carbons (Fsp3) is 0.294. The van der Waals surface area contributed by atoms with Crippen LogP contribution in [0.15, 0.2) is 53.5 Å². The quantitative estimate of drug-likeness (QED) is 0.783. The molecular formula is C17H19N3O3. The molecule has 1 aliphatic carbocycles. The number of nitrogens with two attached hydrogens (primary N) is 1. The van der Waals surface area contributed by atoms with Crippen LogP contribution < -0.4 is 16.6 Å². The summed E-state index contributed by atoms with van der Waals surface area (Å²) in [4.78, 5) is 24.0. The SMILES string of the molecule is N[C@H]1C[C@@H](C(=O)Nc2ccc(-n3ccccc3=O)cc2)C[C@@H]1O. The van der Waals surface area contributed by atoms with Crippen molar-refractivity contribution >= 4 is 11.6 Å². The van der Waals surface area contributed by atoms with Crippen LogP contribution in [-0.4, -0.2) is 27.7 Å². The van der Waals surface area contributed by atoms with Crippen molar-refractivity contribution < 1.29 is 9.90 Å². The Morgan fingerprint density at radius 1 is 1.17 bits per heavy atom. The van der Waals surface area contributed by atoms with Crippen molar-refractivity contribution in [3.05, 3.63) is 59.0 Å². The number of anilines is 1. The van der Waals surface area contributed by atoms with Gasteiger partial charge in [0.15, 0.2) is 0 Å². The van der Waals surface area contributed by atoms with E-state index < -0.39 is 6.10 Å². The molecule has 6 heteroatoms. The standard InChI is InChI=1S/C17H19N3O3/c18-14-9-11(10-15(14)21)17(23)19-12-4-6-13(7-5-12)20-8-2-1-3-16(20)22/h1-8,11,14-15,21H,9-10,18H2,(H,19,23)/t11-,14+,15+/m1/s1. The van der Waals surface area contributed by atoms with Crippen molar-refractivity contribution in [2.75, 3.05) is 5.32 Å². The van der Waals surface area contributed by atoms with Gasteiger partial charge < -0.3 is 16.2 Å². The lowest BCUT2D eigenvalue weighted by molar-refractivity contribution is -0.119. The Balaban J connectivity index is 1.70. The number of hydrogen-bond donors (Lipinski definition) is 3. The van der Waals surface area contributed by atoms with Crippen molar-refractivity contribution in [1.29, 1.82) is 0 Å². The second kappa shape index (κ2) is 6.36. The van der Waals surface area contributed by atoms with Crippen LogP contribution in [0.5, 0.6) is 0 Å². The van der Waals surface area contributed by atoms with Gasteiger partial charge in [0.05, 0.1) is 6.10 Å². The predicted molar refractivity (Wildman–Crippen MR) is 87.4 cm³/mol. The molecule has 1 aromatic carbocycles. The third-order valence-electron chi connectivity index (χ3n) is 4.18. The van der Waals surface area contributed by atoms with E-state index in [2.05, 4.69) is 5.32 Å². The normalized spacial score (nSPS) is 23.7. The molecule has 3 atom stereocenters. The number of carbonyl (C=O) groups excluding carboxylic acids is 1. The molecule has 3 rings (SSSR count). The van der Waals surface area contributed by atoms with Gasteiger partial charge in [-0.25, -0.2) is 0 Å². The molecule has 6 nitrogen and oxygen atoms in total. The summed E-state index contributed by atoms with van der Waals surface area (Å²) in [5, 5.41) is 12.5. The van der Waals surface area contributed by atoms with Gasteiger partial charge in [-0.3, -0.25) is 14.2 Å². The fourth-order valence-corrected chi connectivity index (χ4v) is 2.85. The van der Waals surface area contributed by atoms with Gasteiger partial charge in [-0.05, 0) is 43.2 Å². The molecule has 0 unspecified atom stereocenters. The smallest absolute Gasteiger partial charge is 0.255 e. The van der Waals surface area contributed by atoms with Crippen LogP contribution in [0.4, 0.5) is 5.69 Å². The van der Waals surface area contributed by atoms with Gasteiger partial charge in [-0.2, -0.15) is 0 Å². The van der Waals surface area contributed by atoms with E-state index in [4.69, 9.17) is 5.73 Å². The van der Waals surface area contributed by atoms with Gasteiger partial charge in [0.2, 0.25) is 5.91 Å². The highest BCUT2D eigenvalue weighted by Gasteiger charge is 2.34. The van der Waals surface area contributed by atoms with E-state index in [1.807, 2.05) is 0 Å². The third kappa shape index (κ3) is 3.33. The van der Waals surface area contributed by atoms with Crippen molar-refractivity contribution in [3.63, 3.8) is 0 Å². The topological polar surface area (TPSA) is 97.4 Å². The molecule has 4 N–H and O–H groups in total. The Kier molecular flexibility index (Phi) is 4.27. The number of hydrogen-bond acceptors (Lipinski definition) is 4. The minimum Gasteiger partial charge on any atom is -0.391 e. The number of carbonyl (C=O) groups is 1. The lowest BCUT2D eigenvalue weighted by Crippen LogP contribution is -2.28. The molecule has 0 aliphatic heterocycles. The first-order chi connectivity index (χ1) is 11.0. The van der Waals surface area contributed by atoms with Crippen molar-refractivity contribution in [1.82, 2.24) is 4.57 Å². The van der Waals surface area contributed by atoms with Gasteiger partial charge in [-0.15, -0.1) is 0 Å². The largest absolute Gasteiger partial charge is 0.391 e. The Bertz CT molecular complexity index is 744. The van der Waals surface area contributed by atoms with E-state index in [-0.39, 0.29) is 23.4 Å². The molecule has 1 aromatic heterocycles. The maximum absolute atomic E-state index is 12.2. The van der Waals surface area contributed by atoms with Crippen LogP contribution in [0.3, 0.4) is 0 Å². The van der Waals surface area contributed by atoms with Crippen molar-refractivity contribution in [2.45, 2.75) is 25.0 Å². The van der Waals surface area contributed by atoms with Gasteiger partial charge >= 0.3 is 0 Å². The summed E-state index contributed by atoms with van der Waals surface area (Å²) in [7, 11) is 0. The van der Waals surface area contributed by atoms with Crippen LogP contribution in [0.1, 0.15) is 12.8 Å². The average Bonchev–Trinajstić information content (AvgIpc) is 2.88. The number of aliphatic hydroxyl groups is 1. The van der Waals surface area contributed by atoms with E-state index >= 15 is 0 Å². The molecule has 2 aromatic rings. The molecule has 1 saturated carbocycles. The highest BCUT2D eigenvalue weighted by Crippen LogP contribution is 2.26. The van der Waals surface area contributed by atoms with Crippen LogP contribution in [0, 0.1) is 5.92 Å². The van der Waals surface area contributed by atoms with Crippen LogP contribution in [0.2, 0.25) is 0 Å². The first-order valence-corrected chi connectivity index (χ1v) is 7.57. The summed E-state index contributed by atoms with van der Waals surface area (Å²) < 4.78 is 1.53. The molecule has 0 radical (unpaired) electrons. The molecule has 1 aliphatic rings. The lowest BCUT2D eigenvalue weighted by Gasteiger charge is -2.11. The zero-order chi connectivity index (χ0) is 16.4. The molecule has 0 bridgehead atoms. The molecule has 1 fully saturated rings. The van der Waals surface area contributed by atoms with Gasteiger partial charge in [0, 0.05) is 35.6 Å². The summed E-state index contributed by atoms with van der Waals surface area (Å²) in [6.07, 6.45) is 1.96. The number of nitrogens with zero attached hydrogens (tertiary/aromatic N) is 1. The van der Waals surface area contributed by atoms with Gasteiger partial charge in [-0.1, -0.05) is 6.07 Å². The van der Waals surface area contributed by atoms with Crippen molar-refractivity contribution in [3.8, 4) is 5.69 Å². The first kappa shape index (κ1) is 15.5. The zero-order valence-corrected chi connectivity index (χ0v) is 12.6. The molecule has 120 valence electrons. The number of aromatic nitrogens is 1. The summed E-state index contributed by atoms with van der Waals surface area (Å²) in [5.41, 5.74) is 7.00. The van der Waals surface area contributed by atoms with Crippen molar-refractivity contribution in [2.24, 2.45) is 11.7 Å². The fourth-order valence-electron chi connectivity index (χ4n) is 2.85. The first-order valence-electron chi connectivity index (χ1n) is 7.57. The Labute approximate surface area is 133 Å². The van der Waals surface area contributed by atoms with E-state index in [1.54, 1.807) is 42.6 Å². The highest BCUT2D eigenvalue weighted by atomic mass is 16.3. The molecule has 0 saturated heterocycles. The number of nitrogens with one attached hydrogen (secondary N) is 1. The number of amides is 1. The highest BCUT2D eigenvalue weighted by molar-refractivity contribution is 5.92. The van der Waals surface area contributed by atoms with Gasteiger partial charge in [0.1, 0.15) is 0 Å². The van der Waals surface area contributed by atoms with Crippen LogP contribution in [-0.2, 0) is 4.79 Å².